The van der Waals surface area contributed by atoms with Crippen LogP contribution in [0.2, 0.25) is 0 Å². The van der Waals surface area contributed by atoms with Gasteiger partial charge in [0.25, 0.3) is 5.91 Å². The van der Waals surface area contributed by atoms with Crippen LogP contribution in [0.5, 0.6) is 0 Å². The fourth-order valence-corrected chi connectivity index (χ4v) is 2.17. The number of rotatable bonds is 2. The largest absolute Gasteiger partial charge is 0.398 e. The molecule has 1 amide bonds. The smallest absolute Gasteiger partial charge is 0.254 e. The SMILES string of the molecule is Cc1cccc(N)c1C(=O)NC1(C)CCC1. The number of aryl methyl sites for hydroxylation is 1. The summed E-state index contributed by atoms with van der Waals surface area (Å²) in [7, 11) is 0. The maximum absolute atomic E-state index is 12.1. The maximum Gasteiger partial charge on any atom is 0.254 e. The predicted octanol–water partition coefficient (Wildman–Crippen LogP) is 2.25. The summed E-state index contributed by atoms with van der Waals surface area (Å²) in [5.74, 6) is -0.0437. The van der Waals surface area contributed by atoms with Gasteiger partial charge >= 0.3 is 0 Å². The van der Waals surface area contributed by atoms with E-state index >= 15 is 0 Å². The van der Waals surface area contributed by atoms with E-state index in [0.717, 1.165) is 18.4 Å². The molecule has 0 heterocycles. The average Bonchev–Trinajstić information content (AvgIpc) is 2.15. The van der Waals surface area contributed by atoms with Gasteiger partial charge in [-0.1, -0.05) is 12.1 Å². The Kier molecular flexibility index (Phi) is 2.62. The lowest BCUT2D eigenvalue weighted by Gasteiger charge is -2.39. The van der Waals surface area contributed by atoms with Crippen molar-refractivity contribution in [1.82, 2.24) is 5.32 Å². The van der Waals surface area contributed by atoms with Crippen molar-refractivity contribution >= 4 is 11.6 Å². The standard InChI is InChI=1S/C13H18N2O/c1-9-5-3-6-10(14)11(9)12(16)15-13(2)7-4-8-13/h3,5-6H,4,7-8,14H2,1-2H3,(H,15,16). The summed E-state index contributed by atoms with van der Waals surface area (Å²) in [6.07, 6.45) is 3.31. The van der Waals surface area contributed by atoms with E-state index in [-0.39, 0.29) is 11.4 Å². The van der Waals surface area contributed by atoms with Crippen LogP contribution in [0.15, 0.2) is 18.2 Å². The van der Waals surface area contributed by atoms with Crippen molar-refractivity contribution in [2.75, 3.05) is 5.73 Å². The van der Waals surface area contributed by atoms with Crippen molar-refractivity contribution in [2.45, 2.75) is 38.6 Å². The lowest BCUT2D eigenvalue weighted by molar-refractivity contribution is 0.0851. The zero-order valence-corrected chi connectivity index (χ0v) is 9.84. The quantitative estimate of drug-likeness (QED) is 0.748. The first kappa shape index (κ1) is 11.0. The monoisotopic (exact) mass is 218 g/mol. The number of benzene rings is 1. The summed E-state index contributed by atoms with van der Waals surface area (Å²) < 4.78 is 0. The van der Waals surface area contributed by atoms with E-state index in [2.05, 4.69) is 12.2 Å². The zero-order valence-electron chi connectivity index (χ0n) is 9.84. The lowest BCUT2D eigenvalue weighted by Crippen LogP contribution is -2.51. The molecule has 1 fully saturated rings. The van der Waals surface area contributed by atoms with Crippen LogP contribution in [0.4, 0.5) is 5.69 Å². The van der Waals surface area contributed by atoms with Gasteiger partial charge in [-0.2, -0.15) is 0 Å². The number of amides is 1. The van der Waals surface area contributed by atoms with Gasteiger partial charge in [0.15, 0.2) is 0 Å². The molecule has 86 valence electrons. The van der Waals surface area contributed by atoms with Crippen LogP contribution >= 0.6 is 0 Å². The second kappa shape index (κ2) is 3.81. The Morgan fingerprint density at radius 1 is 1.44 bits per heavy atom. The highest BCUT2D eigenvalue weighted by molar-refractivity contribution is 6.00. The molecule has 3 heteroatoms. The Balaban J connectivity index is 2.20. The van der Waals surface area contributed by atoms with Crippen molar-refractivity contribution < 1.29 is 4.79 Å². The molecule has 3 N–H and O–H groups in total. The molecule has 1 aromatic rings. The van der Waals surface area contributed by atoms with Crippen LogP contribution in [0.25, 0.3) is 0 Å². The van der Waals surface area contributed by atoms with E-state index < -0.39 is 0 Å². The van der Waals surface area contributed by atoms with Crippen LogP contribution < -0.4 is 11.1 Å². The Hall–Kier alpha value is -1.51. The van der Waals surface area contributed by atoms with Crippen molar-refractivity contribution in [3.8, 4) is 0 Å². The molecule has 2 rings (SSSR count). The van der Waals surface area contributed by atoms with E-state index in [1.165, 1.54) is 6.42 Å². The third kappa shape index (κ3) is 1.90. The molecule has 1 aliphatic carbocycles. The summed E-state index contributed by atoms with van der Waals surface area (Å²) in [6, 6.07) is 5.55. The van der Waals surface area contributed by atoms with E-state index in [4.69, 9.17) is 5.73 Å². The number of hydrogen-bond acceptors (Lipinski definition) is 2. The second-order valence-electron chi connectivity index (χ2n) is 4.91. The predicted molar refractivity (Wildman–Crippen MR) is 65.3 cm³/mol. The fourth-order valence-electron chi connectivity index (χ4n) is 2.17. The van der Waals surface area contributed by atoms with Gasteiger partial charge in [0.05, 0.1) is 5.56 Å². The topological polar surface area (TPSA) is 55.1 Å². The Bertz CT molecular complexity index is 402. The molecule has 0 unspecified atom stereocenters. The van der Waals surface area contributed by atoms with Gasteiger partial charge in [-0.05, 0) is 44.7 Å². The van der Waals surface area contributed by atoms with Crippen molar-refractivity contribution in [3.63, 3.8) is 0 Å². The Morgan fingerprint density at radius 2 is 2.12 bits per heavy atom. The van der Waals surface area contributed by atoms with E-state index in [0.29, 0.717) is 11.3 Å². The van der Waals surface area contributed by atoms with Gasteiger partial charge in [0, 0.05) is 11.2 Å². The van der Waals surface area contributed by atoms with Crippen molar-refractivity contribution in [1.29, 1.82) is 0 Å². The zero-order chi connectivity index (χ0) is 11.8. The molecular formula is C13H18N2O. The molecule has 16 heavy (non-hydrogen) atoms. The maximum atomic E-state index is 12.1. The molecule has 0 aliphatic heterocycles. The minimum atomic E-state index is -0.0437. The highest BCUT2D eigenvalue weighted by atomic mass is 16.1. The molecular weight excluding hydrogens is 200 g/mol. The number of nitrogens with two attached hydrogens (primary N) is 1. The summed E-state index contributed by atoms with van der Waals surface area (Å²) in [4.78, 5) is 12.1. The first-order valence-corrected chi connectivity index (χ1v) is 5.69. The minimum absolute atomic E-state index is 0.0220. The molecule has 0 spiro atoms. The third-order valence-electron chi connectivity index (χ3n) is 3.40. The number of nitrogen functional groups attached to an aromatic ring is 1. The third-order valence-corrected chi connectivity index (χ3v) is 3.40. The van der Waals surface area contributed by atoms with Gasteiger partial charge in [-0.3, -0.25) is 4.79 Å². The highest BCUT2D eigenvalue weighted by Crippen LogP contribution is 2.31. The summed E-state index contributed by atoms with van der Waals surface area (Å²) >= 11 is 0. The number of carbonyl (C=O) groups excluding carboxylic acids is 1. The number of carbonyl (C=O) groups is 1. The first-order chi connectivity index (χ1) is 7.52. The van der Waals surface area contributed by atoms with Gasteiger partial charge in [-0.25, -0.2) is 0 Å². The molecule has 0 atom stereocenters. The van der Waals surface area contributed by atoms with Gasteiger partial charge in [0.1, 0.15) is 0 Å². The van der Waals surface area contributed by atoms with Gasteiger partial charge in [0.2, 0.25) is 0 Å². The summed E-state index contributed by atoms with van der Waals surface area (Å²) in [5.41, 5.74) is 7.93. The van der Waals surface area contributed by atoms with Crippen LogP contribution in [-0.2, 0) is 0 Å². The fraction of sp³-hybridized carbons (Fsp3) is 0.462. The number of anilines is 1. The molecule has 1 aromatic carbocycles. The highest BCUT2D eigenvalue weighted by Gasteiger charge is 2.33. The minimum Gasteiger partial charge on any atom is -0.398 e. The molecule has 1 aliphatic rings. The molecule has 0 radical (unpaired) electrons. The molecule has 0 aromatic heterocycles. The van der Waals surface area contributed by atoms with Gasteiger partial charge < -0.3 is 11.1 Å². The summed E-state index contributed by atoms with van der Waals surface area (Å²) in [6.45, 7) is 4.00. The van der Waals surface area contributed by atoms with Crippen LogP contribution in [0.3, 0.4) is 0 Å². The van der Waals surface area contributed by atoms with E-state index in [1.54, 1.807) is 6.07 Å². The molecule has 0 saturated heterocycles. The Morgan fingerprint density at radius 3 is 2.62 bits per heavy atom. The number of nitrogens with one attached hydrogen (secondary N) is 1. The van der Waals surface area contributed by atoms with Crippen LogP contribution in [0, 0.1) is 6.92 Å². The normalized spacial score (nSPS) is 17.6. The lowest BCUT2D eigenvalue weighted by atomic mass is 9.78. The Labute approximate surface area is 96.0 Å². The second-order valence-corrected chi connectivity index (χ2v) is 4.91. The van der Waals surface area contributed by atoms with Crippen molar-refractivity contribution in [2.24, 2.45) is 0 Å². The summed E-state index contributed by atoms with van der Waals surface area (Å²) in [5, 5.41) is 3.07. The first-order valence-electron chi connectivity index (χ1n) is 5.69. The van der Waals surface area contributed by atoms with Gasteiger partial charge in [-0.15, -0.1) is 0 Å². The van der Waals surface area contributed by atoms with Crippen LogP contribution in [-0.4, -0.2) is 11.4 Å². The molecule has 1 saturated carbocycles. The average molecular weight is 218 g/mol. The molecule has 3 nitrogen and oxygen atoms in total. The molecule has 0 bridgehead atoms. The van der Waals surface area contributed by atoms with E-state index in [1.807, 2.05) is 19.1 Å². The van der Waals surface area contributed by atoms with Crippen LogP contribution in [0.1, 0.15) is 42.1 Å². The van der Waals surface area contributed by atoms with Crippen molar-refractivity contribution in [3.05, 3.63) is 29.3 Å². The number of hydrogen-bond donors (Lipinski definition) is 2. The van der Waals surface area contributed by atoms with E-state index in [9.17, 15) is 4.79 Å².